The fraction of sp³-hybridized carbons (Fsp3) is 0.346. The number of nitrogens with zero attached hydrogens (tertiary/aromatic N) is 4. The zero-order valence-corrected chi connectivity index (χ0v) is 20.3. The summed E-state index contributed by atoms with van der Waals surface area (Å²) in [7, 11) is 0. The van der Waals surface area contributed by atoms with E-state index in [1.807, 2.05) is 6.20 Å². The highest BCUT2D eigenvalue weighted by Crippen LogP contribution is 2.38. The molecule has 0 N–H and O–H groups in total. The molecule has 1 aromatic carbocycles. The second-order valence-electron chi connectivity index (χ2n) is 9.10. The minimum Gasteiger partial charge on any atom is -0.625 e. The van der Waals surface area contributed by atoms with Gasteiger partial charge in [-0.1, -0.05) is 23.8 Å². The zero-order valence-electron chi connectivity index (χ0n) is 18.7. The molecular weight excluding hydrogens is 480 g/mol. The summed E-state index contributed by atoms with van der Waals surface area (Å²) in [4.78, 5) is 24.1. The van der Waals surface area contributed by atoms with Crippen molar-refractivity contribution < 1.29 is 9.44 Å². The number of hydrogen-bond acceptors (Lipinski definition) is 5. The van der Waals surface area contributed by atoms with Crippen molar-refractivity contribution in [1.29, 1.82) is 0 Å². The van der Waals surface area contributed by atoms with Crippen molar-refractivity contribution in [3.05, 3.63) is 98.2 Å². The summed E-state index contributed by atoms with van der Waals surface area (Å²) in [6.45, 7) is 3.75. The van der Waals surface area contributed by atoms with Crippen LogP contribution in [0.3, 0.4) is 0 Å². The molecule has 7 heteroatoms. The molecule has 6 nitrogen and oxygen atoms in total. The summed E-state index contributed by atoms with van der Waals surface area (Å²) in [5.41, 5.74) is 7.01. The van der Waals surface area contributed by atoms with E-state index < -0.39 is 4.65 Å². The second kappa shape index (κ2) is 9.06. The lowest BCUT2D eigenvalue weighted by Gasteiger charge is -2.47. The third-order valence-corrected chi connectivity index (χ3v) is 7.34. The lowest BCUT2D eigenvalue weighted by Crippen LogP contribution is -2.60. The summed E-state index contributed by atoms with van der Waals surface area (Å²) >= 11 is 3.58. The molecule has 0 saturated carbocycles. The van der Waals surface area contributed by atoms with Crippen LogP contribution in [0.2, 0.25) is 0 Å². The van der Waals surface area contributed by atoms with Gasteiger partial charge in [-0.2, -0.15) is 0 Å². The molecule has 3 heterocycles. The molecule has 1 amide bonds. The highest BCUT2D eigenvalue weighted by atomic mass is 79.9. The van der Waals surface area contributed by atoms with Crippen LogP contribution in [0.25, 0.3) is 0 Å². The molecule has 33 heavy (non-hydrogen) atoms. The smallest absolute Gasteiger partial charge is 0.318 e. The van der Waals surface area contributed by atoms with Crippen LogP contribution in [0.4, 0.5) is 0 Å². The molecule has 0 spiro atoms. The highest BCUT2D eigenvalue weighted by Gasteiger charge is 2.38. The van der Waals surface area contributed by atoms with Crippen LogP contribution in [0.1, 0.15) is 39.6 Å². The number of halogens is 1. The topological polar surface area (TPSA) is 69.2 Å². The molecule has 3 aromatic rings. The Morgan fingerprint density at radius 2 is 1.85 bits per heavy atom. The van der Waals surface area contributed by atoms with Gasteiger partial charge in [0.1, 0.15) is 0 Å². The largest absolute Gasteiger partial charge is 0.625 e. The van der Waals surface area contributed by atoms with Gasteiger partial charge in [0.25, 0.3) is 0 Å². The third-order valence-electron chi connectivity index (χ3n) is 6.91. The van der Waals surface area contributed by atoms with Crippen molar-refractivity contribution in [2.45, 2.75) is 32.2 Å². The number of carbonyl (C=O) groups excluding carboxylic acids is 1. The van der Waals surface area contributed by atoms with E-state index in [1.165, 1.54) is 22.3 Å². The first kappa shape index (κ1) is 22.3. The molecular formula is C26H27BrN4O2. The summed E-state index contributed by atoms with van der Waals surface area (Å²) in [5.74, 6) is -0.278. The molecule has 170 valence electrons. The lowest BCUT2D eigenvalue weighted by molar-refractivity contribution is -0.810. The zero-order chi connectivity index (χ0) is 23.0. The van der Waals surface area contributed by atoms with Crippen molar-refractivity contribution in [3.8, 4) is 0 Å². The second-order valence-corrected chi connectivity index (χ2v) is 10.0. The molecule has 0 radical (unpaired) electrons. The van der Waals surface area contributed by atoms with E-state index in [-0.39, 0.29) is 31.5 Å². The Balaban J connectivity index is 1.41. The van der Waals surface area contributed by atoms with Crippen LogP contribution in [0.5, 0.6) is 0 Å². The van der Waals surface area contributed by atoms with Gasteiger partial charge in [-0.05, 0) is 76.1 Å². The molecule has 5 rings (SSSR count). The maximum Gasteiger partial charge on any atom is 0.318 e. The van der Waals surface area contributed by atoms with Gasteiger partial charge in [-0.15, -0.1) is 0 Å². The number of hydroxylamine groups is 3. The van der Waals surface area contributed by atoms with E-state index in [0.717, 1.165) is 28.6 Å². The van der Waals surface area contributed by atoms with Crippen LogP contribution in [0, 0.1) is 12.1 Å². The van der Waals surface area contributed by atoms with Gasteiger partial charge in [0, 0.05) is 36.2 Å². The number of rotatable bonds is 3. The van der Waals surface area contributed by atoms with Crippen LogP contribution >= 0.6 is 15.9 Å². The average Bonchev–Trinajstić information content (AvgIpc) is 2.96. The maximum absolute atomic E-state index is 13.4. The predicted octanol–water partition coefficient (Wildman–Crippen LogP) is 4.14. The van der Waals surface area contributed by atoms with Gasteiger partial charge in [0.05, 0.1) is 31.2 Å². The number of carbonyl (C=O) groups is 1. The molecule has 2 aromatic heterocycles. The Morgan fingerprint density at radius 1 is 1.12 bits per heavy atom. The number of aryl methyl sites for hydroxylation is 3. The van der Waals surface area contributed by atoms with Crippen LogP contribution in [-0.4, -0.2) is 51.6 Å². The fourth-order valence-electron chi connectivity index (χ4n) is 5.07. The van der Waals surface area contributed by atoms with E-state index in [0.29, 0.717) is 13.1 Å². The van der Waals surface area contributed by atoms with Crippen molar-refractivity contribution in [1.82, 2.24) is 14.9 Å². The molecule has 0 bridgehead atoms. The SMILES string of the molecule is Cc1ccc2c(c1)CCc1cc(Br)cnc1C2N1CC[N+]([O-])(C(=O)Cc2ccncc2)CC1. The van der Waals surface area contributed by atoms with E-state index in [2.05, 4.69) is 57.0 Å². The first-order chi connectivity index (χ1) is 15.9. The van der Waals surface area contributed by atoms with Gasteiger partial charge < -0.3 is 5.21 Å². The van der Waals surface area contributed by atoms with E-state index in [4.69, 9.17) is 4.98 Å². The normalized spacial score (nSPS) is 19.9. The van der Waals surface area contributed by atoms with E-state index in [9.17, 15) is 10.0 Å². The summed E-state index contributed by atoms with van der Waals surface area (Å²) in [6.07, 6.45) is 7.23. The number of aromatic nitrogens is 2. The number of hydrogen-bond donors (Lipinski definition) is 0. The minimum atomic E-state index is -0.771. The molecule has 1 atom stereocenters. The van der Waals surface area contributed by atoms with Gasteiger partial charge in [-0.25, -0.2) is 4.79 Å². The quantitative estimate of drug-likeness (QED) is 0.394. The molecule has 1 aliphatic carbocycles. The Morgan fingerprint density at radius 3 is 2.61 bits per heavy atom. The predicted molar refractivity (Wildman–Crippen MR) is 130 cm³/mol. The summed E-state index contributed by atoms with van der Waals surface area (Å²) in [5, 5.41) is 13.4. The monoisotopic (exact) mass is 506 g/mol. The van der Waals surface area contributed by atoms with Gasteiger partial charge in [-0.3, -0.25) is 19.5 Å². The molecule has 1 fully saturated rings. The van der Waals surface area contributed by atoms with Crippen LogP contribution in [0.15, 0.2) is 59.5 Å². The average molecular weight is 507 g/mol. The van der Waals surface area contributed by atoms with Crippen molar-refractivity contribution in [2.75, 3.05) is 26.2 Å². The number of benzene rings is 1. The van der Waals surface area contributed by atoms with Crippen LogP contribution in [-0.2, 0) is 24.1 Å². The number of fused-ring (bicyclic) bond motifs is 2. The molecule has 1 saturated heterocycles. The highest BCUT2D eigenvalue weighted by molar-refractivity contribution is 9.10. The van der Waals surface area contributed by atoms with Crippen LogP contribution < -0.4 is 0 Å². The maximum atomic E-state index is 13.4. The first-order valence-corrected chi connectivity index (χ1v) is 12.2. The standard InChI is InChI=1S/C26H27BrN4O2/c1-18-2-5-23-20(14-18)3-4-21-16-22(27)17-29-25(21)26(23)30-10-12-31(33,13-11-30)24(32)15-19-6-8-28-9-7-19/h2,5-9,14,16-17,26H,3-4,10-13,15H2,1H3. The third kappa shape index (κ3) is 4.51. The first-order valence-electron chi connectivity index (χ1n) is 11.4. The van der Waals surface area contributed by atoms with Gasteiger partial charge in [0.15, 0.2) is 0 Å². The van der Waals surface area contributed by atoms with Crippen molar-refractivity contribution in [2.24, 2.45) is 0 Å². The van der Waals surface area contributed by atoms with E-state index >= 15 is 0 Å². The Kier molecular flexibility index (Phi) is 6.14. The number of quaternary nitrogens is 1. The van der Waals surface area contributed by atoms with Crippen molar-refractivity contribution >= 4 is 21.8 Å². The fourth-order valence-corrected chi connectivity index (χ4v) is 5.45. The summed E-state index contributed by atoms with van der Waals surface area (Å²) < 4.78 is 0.213. The molecule has 2 aliphatic rings. The van der Waals surface area contributed by atoms with Gasteiger partial charge in [0.2, 0.25) is 0 Å². The molecule has 1 aliphatic heterocycles. The Bertz CT molecular complexity index is 1120. The van der Waals surface area contributed by atoms with Gasteiger partial charge >= 0.3 is 5.91 Å². The lowest BCUT2D eigenvalue weighted by atomic mass is 9.94. The number of piperazine rings is 1. The minimum absolute atomic E-state index is 0.00440. The number of pyridine rings is 2. The van der Waals surface area contributed by atoms with Crippen molar-refractivity contribution in [3.63, 3.8) is 0 Å². The Hall–Kier alpha value is -2.45. The summed E-state index contributed by atoms with van der Waals surface area (Å²) in [6, 6.07) is 12.4. The Labute approximate surface area is 202 Å². The number of amides is 1. The van der Waals surface area contributed by atoms with E-state index in [1.54, 1.807) is 24.5 Å². The molecule has 1 unspecified atom stereocenters.